The second-order valence-electron chi connectivity index (χ2n) is 14.5. The first-order valence-electron chi connectivity index (χ1n) is 17.1. The van der Waals surface area contributed by atoms with Gasteiger partial charge in [0.1, 0.15) is 36.3 Å². The highest BCUT2D eigenvalue weighted by Gasteiger charge is 2.61. The molecule has 3 aliphatic carbocycles. The van der Waals surface area contributed by atoms with Gasteiger partial charge in [0.2, 0.25) is 6.29 Å². The van der Waals surface area contributed by atoms with Crippen LogP contribution in [0.4, 0.5) is 0 Å². The first kappa shape index (κ1) is 33.5. The maximum absolute atomic E-state index is 12.4. The SMILES string of the molecule is C=CCc1ccc(O[C@H]2O[C@H]3[C@@H](O)[C@H](O)[C@]2(O)C[C@H]([C@H]2C=C[C@H]4C5(CCCC5)CC[C@@]4(O)C2)[C@@H](O)CC#CO[C@H]3CCCO)cc1. The van der Waals surface area contributed by atoms with Crippen molar-refractivity contribution < 1.29 is 44.8 Å². The van der Waals surface area contributed by atoms with Crippen LogP contribution >= 0.6 is 0 Å². The molecule has 3 aliphatic heterocycles. The molecule has 0 aromatic heterocycles. The minimum atomic E-state index is -2.15. The van der Waals surface area contributed by atoms with Crippen LogP contribution in [-0.2, 0) is 15.9 Å². The lowest BCUT2D eigenvalue weighted by molar-refractivity contribution is -0.334. The Hall–Kier alpha value is -2.42. The highest BCUT2D eigenvalue weighted by Crippen LogP contribution is 2.62. The molecule has 3 fully saturated rings. The van der Waals surface area contributed by atoms with Gasteiger partial charge in [0.25, 0.3) is 0 Å². The van der Waals surface area contributed by atoms with Gasteiger partial charge in [0.05, 0.1) is 11.7 Å². The van der Waals surface area contributed by atoms with Crippen molar-refractivity contribution in [3.8, 4) is 17.8 Å². The number of aliphatic hydroxyl groups excluding tert-OH is 4. The van der Waals surface area contributed by atoms with Gasteiger partial charge in [0, 0.05) is 18.9 Å². The molecule has 1 aromatic carbocycles. The maximum atomic E-state index is 12.4. The van der Waals surface area contributed by atoms with Crippen molar-refractivity contribution >= 4 is 0 Å². The molecule has 0 unspecified atom stereocenters. The molecule has 6 aliphatic rings. The molecule has 2 bridgehead atoms. The predicted octanol–water partition coefficient (Wildman–Crippen LogP) is 3.14. The van der Waals surface area contributed by atoms with Crippen LogP contribution in [0.25, 0.3) is 0 Å². The van der Waals surface area contributed by atoms with E-state index in [-0.39, 0.29) is 43.1 Å². The third-order valence-electron chi connectivity index (χ3n) is 11.7. The fourth-order valence-corrected chi connectivity index (χ4v) is 9.18. The van der Waals surface area contributed by atoms with Crippen molar-refractivity contribution in [2.24, 2.45) is 23.2 Å². The summed E-state index contributed by atoms with van der Waals surface area (Å²) in [4.78, 5) is 0. The lowest BCUT2D eigenvalue weighted by atomic mass is 9.63. The molecule has 6 N–H and O–H groups in total. The van der Waals surface area contributed by atoms with E-state index in [1.807, 2.05) is 12.1 Å². The van der Waals surface area contributed by atoms with E-state index in [4.69, 9.17) is 14.2 Å². The standard InChI is InChI=1S/C37H50O9/c1-2-7-24-10-13-26(14-11-24)45-34-37(43)23-27(25-12-15-30-35(16-3-4-17-35)18-19-36(30,42)22-25)28(39)8-6-21-44-29(9-5-20-38)32(46-34)31(40)33(37)41/h2,10-15,25,27-34,38-43H,1,3-5,7-9,16-20,22-23H2/t25-,27+,28-,29-,30-,31+,32+,33-,34-,36+,37+/m0/s1. The summed E-state index contributed by atoms with van der Waals surface area (Å²) in [5, 5.41) is 68.7. The number of aliphatic hydroxyl groups is 6. The fourth-order valence-electron chi connectivity index (χ4n) is 9.18. The Kier molecular flexibility index (Phi) is 9.90. The number of hydrogen-bond donors (Lipinski definition) is 6. The summed E-state index contributed by atoms with van der Waals surface area (Å²) < 4.78 is 18.4. The smallest absolute Gasteiger partial charge is 0.232 e. The first-order valence-corrected chi connectivity index (χ1v) is 17.1. The third kappa shape index (κ3) is 6.26. The highest BCUT2D eigenvalue weighted by atomic mass is 16.7. The lowest BCUT2D eigenvalue weighted by Gasteiger charge is -2.51. The summed E-state index contributed by atoms with van der Waals surface area (Å²) >= 11 is 0. The van der Waals surface area contributed by atoms with Crippen molar-refractivity contribution in [3.63, 3.8) is 0 Å². The van der Waals surface area contributed by atoms with Gasteiger partial charge < -0.3 is 44.8 Å². The average Bonchev–Trinajstić information content (AvgIpc) is 3.64. The number of benzene rings is 1. The minimum Gasteiger partial charge on any atom is -0.462 e. The van der Waals surface area contributed by atoms with Crippen molar-refractivity contribution in [3.05, 3.63) is 54.6 Å². The molecule has 1 aromatic rings. The zero-order valence-corrected chi connectivity index (χ0v) is 26.5. The molecular formula is C37H50O9. The molecule has 1 saturated heterocycles. The molecule has 252 valence electrons. The van der Waals surface area contributed by atoms with Crippen molar-refractivity contribution in [2.75, 3.05) is 6.61 Å². The van der Waals surface area contributed by atoms with Gasteiger partial charge in [-0.15, -0.1) is 6.58 Å². The van der Waals surface area contributed by atoms with Crippen LogP contribution in [0.5, 0.6) is 5.75 Å². The van der Waals surface area contributed by atoms with E-state index in [9.17, 15) is 30.6 Å². The third-order valence-corrected chi connectivity index (χ3v) is 11.7. The number of rotatable bonds is 8. The molecule has 0 amide bonds. The van der Waals surface area contributed by atoms with Crippen LogP contribution in [0.1, 0.15) is 76.2 Å². The molecule has 3 heterocycles. The Morgan fingerprint density at radius 1 is 1.00 bits per heavy atom. The number of hydrogen-bond acceptors (Lipinski definition) is 9. The highest BCUT2D eigenvalue weighted by molar-refractivity contribution is 5.29. The molecule has 7 rings (SSSR count). The zero-order valence-electron chi connectivity index (χ0n) is 26.5. The number of allylic oxidation sites excluding steroid dienone is 2. The fraction of sp³-hybridized carbons (Fsp3) is 0.676. The Morgan fingerprint density at radius 3 is 2.48 bits per heavy atom. The average molecular weight is 639 g/mol. The van der Waals surface area contributed by atoms with Crippen LogP contribution in [-0.4, -0.2) is 85.3 Å². The molecule has 9 heteroatoms. The van der Waals surface area contributed by atoms with E-state index < -0.39 is 53.9 Å². The maximum Gasteiger partial charge on any atom is 0.232 e. The summed E-state index contributed by atoms with van der Waals surface area (Å²) in [6.45, 7) is 3.66. The summed E-state index contributed by atoms with van der Waals surface area (Å²) in [5.41, 5.74) is -1.92. The van der Waals surface area contributed by atoms with Crippen molar-refractivity contribution in [1.82, 2.24) is 0 Å². The molecule has 1 spiro atoms. The quantitative estimate of drug-likeness (QED) is 0.187. The molecule has 11 atom stereocenters. The Morgan fingerprint density at radius 2 is 1.76 bits per heavy atom. The first-order chi connectivity index (χ1) is 22.1. The Labute approximate surface area is 271 Å². The largest absolute Gasteiger partial charge is 0.462 e. The lowest BCUT2D eigenvalue weighted by Crippen LogP contribution is -2.70. The second kappa shape index (κ2) is 13.6. The Balaban J connectivity index is 1.35. The van der Waals surface area contributed by atoms with E-state index in [2.05, 4.69) is 30.8 Å². The minimum absolute atomic E-state index is 0.0457. The monoisotopic (exact) mass is 638 g/mol. The Bertz CT molecular complexity index is 1300. The van der Waals surface area contributed by atoms with Crippen LogP contribution < -0.4 is 4.74 Å². The predicted molar refractivity (Wildman–Crippen MR) is 170 cm³/mol. The number of ether oxygens (including phenoxy) is 3. The van der Waals surface area contributed by atoms with E-state index in [1.165, 1.54) is 12.8 Å². The van der Waals surface area contributed by atoms with Crippen molar-refractivity contribution in [2.45, 2.75) is 125 Å². The second-order valence-corrected chi connectivity index (χ2v) is 14.5. The molecule has 46 heavy (non-hydrogen) atoms. The van der Waals surface area contributed by atoms with Gasteiger partial charge in [-0.1, -0.05) is 49.1 Å². The molecular weight excluding hydrogens is 588 g/mol. The van der Waals surface area contributed by atoms with E-state index in [0.29, 0.717) is 31.4 Å². The van der Waals surface area contributed by atoms with Crippen LogP contribution in [0.3, 0.4) is 0 Å². The molecule has 0 radical (unpaired) electrons. The molecule has 2 saturated carbocycles. The topological polar surface area (TPSA) is 149 Å². The van der Waals surface area contributed by atoms with Gasteiger partial charge in [-0.05, 0) is 92.7 Å². The molecule has 9 nitrogen and oxygen atoms in total. The van der Waals surface area contributed by atoms with Gasteiger partial charge >= 0.3 is 0 Å². The van der Waals surface area contributed by atoms with E-state index >= 15 is 0 Å². The summed E-state index contributed by atoms with van der Waals surface area (Å²) in [5.74, 6) is 2.35. The van der Waals surface area contributed by atoms with Crippen molar-refractivity contribution in [1.29, 1.82) is 0 Å². The van der Waals surface area contributed by atoms with Gasteiger partial charge in [0.15, 0.2) is 5.60 Å². The van der Waals surface area contributed by atoms with E-state index in [1.54, 1.807) is 18.2 Å². The zero-order chi connectivity index (χ0) is 32.5. The van der Waals surface area contributed by atoms with Gasteiger partial charge in [-0.25, -0.2) is 0 Å². The van der Waals surface area contributed by atoms with Gasteiger partial charge in [-0.2, -0.15) is 0 Å². The normalized spacial score (nSPS) is 41.5. The van der Waals surface area contributed by atoms with Crippen LogP contribution in [0, 0.1) is 35.2 Å². The van der Waals surface area contributed by atoms with Gasteiger partial charge in [-0.3, -0.25) is 0 Å². The summed E-state index contributed by atoms with van der Waals surface area (Å²) in [6, 6.07) is 7.23. The van der Waals surface area contributed by atoms with Crippen LogP contribution in [0.2, 0.25) is 0 Å². The van der Waals surface area contributed by atoms with E-state index in [0.717, 1.165) is 24.8 Å². The summed E-state index contributed by atoms with van der Waals surface area (Å²) in [6.07, 6.45) is 8.71. The van der Waals surface area contributed by atoms with Crippen LogP contribution in [0.15, 0.2) is 49.1 Å². The summed E-state index contributed by atoms with van der Waals surface area (Å²) in [7, 11) is 0. The number of fused-ring (bicyclic) bond motifs is 10.